The van der Waals surface area contributed by atoms with Crippen molar-refractivity contribution in [2.45, 2.75) is 50.9 Å². The third-order valence-electron chi connectivity index (χ3n) is 3.09. The first-order valence-corrected chi connectivity index (χ1v) is 6.79. The van der Waals surface area contributed by atoms with Crippen LogP contribution in [0.1, 0.15) is 37.6 Å². The first-order chi connectivity index (χ1) is 7.20. The van der Waals surface area contributed by atoms with Crippen LogP contribution in [0.25, 0.3) is 0 Å². The number of nitrogens with zero attached hydrogens (tertiary/aromatic N) is 2. The second-order valence-electron chi connectivity index (χ2n) is 4.48. The van der Waals surface area contributed by atoms with Crippen LogP contribution < -0.4 is 0 Å². The van der Waals surface area contributed by atoms with Crippen molar-refractivity contribution in [2.75, 3.05) is 0 Å². The SMILES string of the molecule is CCn1nc(C)cc1CCC(Br)C1CC1. The predicted octanol–water partition coefficient (Wildman–Crippen LogP) is 3.32. The first kappa shape index (κ1) is 11.2. The number of rotatable bonds is 5. The van der Waals surface area contributed by atoms with E-state index in [9.17, 15) is 0 Å². The first-order valence-electron chi connectivity index (χ1n) is 5.88. The molecule has 1 unspecified atom stereocenters. The van der Waals surface area contributed by atoms with E-state index >= 15 is 0 Å². The molecule has 0 spiro atoms. The van der Waals surface area contributed by atoms with Crippen molar-refractivity contribution in [1.82, 2.24) is 9.78 Å². The van der Waals surface area contributed by atoms with Gasteiger partial charge in [-0.2, -0.15) is 5.10 Å². The van der Waals surface area contributed by atoms with E-state index in [4.69, 9.17) is 0 Å². The van der Waals surface area contributed by atoms with Crippen molar-refractivity contribution < 1.29 is 0 Å². The van der Waals surface area contributed by atoms with Crippen molar-refractivity contribution in [2.24, 2.45) is 5.92 Å². The van der Waals surface area contributed by atoms with Gasteiger partial charge in [-0.1, -0.05) is 15.9 Å². The van der Waals surface area contributed by atoms with Gasteiger partial charge in [-0.05, 0) is 51.5 Å². The normalized spacial score (nSPS) is 18.1. The van der Waals surface area contributed by atoms with Gasteiger partial charge in [0, 0.05) is 17.1 Å². The number of aryl methyl sites for hydroxylation is 3. The van der Waals surface area contributed by atoms with E-state index in [1.54, 1.807) is 0 Å². The summed E-state index contributed by atoms with van der Waals surface area (Å²) in [6, 6.07) is 2.22. The van der Waals surface area contributed by atoms with Crippen LogP contribution in [0, 0.1) is 12.8 Å². The van der Waals surface area contributed by atoms with Gasteiger partial charge in [0.1, 0.15) is 0 Å². The predicted molar refractivity (Wildman–Crippen MR) is 66.4 cm³/mol. The molecule has 1 aromatic heterocycles. The second kappa shape index (κ2) is 4.69. The summed E-state index contributed by atoms with van der Waals surface area (Å²) in [5.41, 5.74) is 2.53. The van der Waals surface area contributed by atoms with Crippen LogP contribution in [0.2, 0.25) is 0 Å². The number of alkyl halides is 1. The fraction of sp³-hybridized carbons (Fsp3) is 0.750. The van der Waals surface area contributed by atoms with E-state index in [-0.39, 0.29) is 0 Å². The van der Waals surface area contributed by atoms with Crippen molar-refractivity contribution in [1.29, 1.82) is 0 Å². The molecule has 0 bridgehead atoms. The van der Waals surface area contributed by atoms with Crippen molar-refractivity contribution in [3.63, 3.8) is 0 Å². The number of aromatic nitrogens is 2. The number of hydrogen-bond acceptors (Lipinski definition) is 1. The van der Waals surface area contributed by atoms with Gasteiger partial charge in [0.15, 0.2) is 0 Å². The van der Waals surface area contributed by atoms with Gasteiger partial charge in [0.2, 0.25) is 0 Å². The average molecular weight is 271 g/mol. The van der Waals surface area contributed by atoms with E-state index in [0.717, 1.165) is 29.4 Å². The largest absolute Gasteiger partial charge is 0.270 e. The maximum Gasteiger partial charge on any atom is 0.0596 e. The zero-order valence-electron chi connectivity index (χ0n) is 9.54. The summed E-state index contributed by atoms with van der Waals surface area (Å²) >= 11 is 3.79. The molecule has 0 N–H and O–H groups in total. The quantitative estimate of drug-likeness (QED) is 0.751. The molecule has 2 nitrogen and oxygen atoms in total. The smallest absolute Gasteiger partial charge is 0.0596 e. The van der Waals surface area contributed by atoms with Crippen molar-refractivity contribution >= 4 is 15.9 Å². The summed E-state index contributed by atoms with van der Waals surface area (Å²) in [6.07, 6.45) is 5.24. The molecule has 1 atom stereocenters. The van der Waals surface area contributed by atoms with Crippen molar-refractivity contribution in [3.05, 3.63) is 17.5 Å². The summed E-state index contributed by atoms with van der Waals surface area (Å²) < 4.78 is 2.13. The molecule has 0 radical (unpaired) electrons. The Hall–Kier alpha value is -0.310. The molecule has 1 aliphatic rings. The lowest BCUT2D eigenvalue weighted by Crippen LogP contribution is -2.07. The van der Waals surface area contributed by atoms with E-state index in [2.05, 4.69) is 45.6 Å². The fourth-order valence-corrected chi connectivity index (χ4v) is 2.81. The van der Waals surface area contributed by atoms with Gasteiger partial charge in [0.25, 0.3) is 0 Å². The molecule has 3 heteroatoms. The molecule has 2 rings (SSSR count). The lowest BCUT2D eigenvalue weighted by atomic mass is 10.1. The van der Waals surface area contributed by atoms with E-state index < -0.39 is 0 Å². The maximum absolute atomic E-state index is 4.47. The van der Waals surface area contributed by atoms with Gasteiger partial charge >= 0.3 is 0 Å². The minimum absolute atomic E-state index is 0.720. The number of halogens is 1. The molecular weight excluding hydrogens is 252 g/mol. The van der Waals surface area contributed by atoms with Crippen LogP contribution >= 0.6 is 15.9 Å². The summed E-state index contributed by atoms with van der Waals surface area (Å²) in [7, 11) is 0. The highest BCUT2D eigenvalue weighted by atomic mass is 79.9. The molecule has 84 valence electrons. The Morgan fingerprint density at radius 3 is 2.93 bits per heavy atom. The second-order valence-corrected chi connectivity index (χ2v) is 5.66. The molecule has 1 aromatic rings. The molecule has 1 saturated carbocycles. The highest BCUT2D eigenvalue weighted by Gasteiger charge is 2.28. The summed E-state index contributed by atoms with van der Waals surface area (Å²) in [6.45, 7) is 5.21. The molecular formula is C12H19BrN2. The molecule has 0 amide bonds. The minimum Gasteiger partial charge on any atom is -0.270 e. The average Bonchev–Trinajstić information content (AvgIpc) is 2.99. The zero-order valence-corrected chi connectivity index (χ0v) is 11.1. The molecule has 0 aliphatic heterocycles. The third-order valence-corrected chi connectivity index (χ3v) is 4.30. The Morgan fingerprint density at radius 2 is 2.33 bits per heavy atom. The maximum atomic E-state index is 4.47. The summed E-state index contributed by atoms with van der Waals surface area (Å²) in [4.78, 5) is 0.720. The zero-order chi connectivity index (χ0) is 10.8. The fourth-order valence-electron chi connectivity index (χ4n) is 2.05. The van der Waals surface area contributed by atoms with Crippen molar-refractivity contribution in [3.8, 4) is 0 Å². The molecule has 1 heterocycles. The van der Waals surface area contributed by atoms with Crippen LogP contribution in [-0.2, 0) is 13.0 Å². The Balaban J connectivity index is 1.91. The van der Waals surface area contributed by atoms with Crippen LogP contribution in [0.5, 0.6) is 0 Å². The highest BCUT2D eigenvalue weighted by Crippen LogP contribution is 2.38. The summed E-state index contributed by atoms with van der Waals surface area (Å²) in [5.74, 6) is 0.948. The van der Waals surface area contributed by atoms with E-state index in [1.165, 1.54) is 25.0 Å². The van der Waals surface area contributed by atoms with Gasteiger partial charge in [-0.3, -0.25) is 4.68 Å². The van der Waals surface area contributed by atoms with Crippen LogP contribution in [0.4, 0.5) is 0 Å². The van der Waals surface area contributed by atoms with E-state index in [0.29, 0.717) is 0 Å². The van der Waals surface area contributed by atoms with Crippen LogP contribution in [-0.4, -0.2) is 14.6 Å². The standard InChI is InChI=1S/C12H19BrN2/c1-3-15-11(8-9(2)14-15)6-7-12(13)10-4-5-10/h8,10,12H,3-7H2,1-2H3. The molecule has 1 fully saturated rings. The molecule has 0 saturated heterocycles. The van der Waals surface area contributed by atoms with Gasteiger partial charge in [-0.25, -0.2) is 0 Å². The van der Waals surface area contributed by atoms with Crippen LogP contribution in [0.15, 0.2) is 6.07 Å². The topological polar surface area (TPSA) is 17.8 Å². The van der Waals surface area contributed by atoms with Gasteiger partial charge < -0.3 is 0 Å². The highest BCUT2D eigenvalue weighted by molar-refractivity contribution is 9.09. The number of hydrogen-bond donors (Lipinski definition) is 0. The molecule has 1 aliphatic carbocycles. The lowest BCUT2D eigenvalue weighted by Gasteiger charge is -2.08. The summed E-state index contributed by atoms with van der Waals surface area (Å²) in [5, 5.41) is 4.47. The molecule has 0 aromatic carbocycles. The third kappa shape index (κ3) is 2.83. The van der Waals surface area contributed by atoms with E-state index in [1.807, 2.05) is 0 Å². The Morgan fingerprint density at radius 1 is 1.60 bits per heavy atom. The monoisotopic (exact) mass is 270 g/mol. The Labute approximate surface area is 100 Å². The van der Waals surface area contributed by atoms with Gasteiger partial charge in [-0.15, -0.1) is 0 Å². The Kier molecular flexibility index (Phi) is 3.49. The van der Waals surface area contributed by atoms with Gasteiger partial charge in [0.05, 0.1) is 5.69 Å². The minimum atomic E-state index is 0.720. The molecule has 15 heavy (non-hydrogen) atoms. The lowest BCUT2D eigenvalue weighted by molar-refractivity contribution is 0.594. The van der Waals surface area contributed by atoms with Crippen LogP contribution in [0.3, 0.4) is 0 Å². The Bertz CT molecular complexity index is 328.